The molecule has 6 aromatic carbocycles. The molecule has 0 saturated carbocycles. The van der Waals surface area contributed by atoms with Crippen LogP contribution in [0.4, 0.5) is 0 Å². The second kappa shape index (κ2) is 9.77. The smallest absolute Gasteiger partial charge is 0.160 e. The first-order valence-electron chi connectivity index (χ1n) is 13.6. The van der Waals surface area contributed by atoms with Crippen LogP contribution in [-0.4, -0.2) is 15.0 Å². The van der Waals surface area contributed by atoms with Crippen LogP contribution in [0.5, 0.6) is 0 Å². The molecule has 0 bridgehead atoms. The Kier molecular flexibility index (Phi) is 5.64. The molecule has 2 aromatic heterocycles. The van der Waals surface area contributed by atoms with E-state index in [0.717, 1.165) is 60.8 Å². The molecular weight excluding hydrogens is 518 g/mol. The summed E-state index contributed by atoms with van der Waals surface area (Å²) in [5, 5.41) is 4.54. The Morgan fingerprint density at radius 3 is 1.98 bits per heavy atom. The zero-order valence-corrected chi connectivity index (χ0v) is 22.8. The minimum absolute atomic E-state index is 0.727. The maximum atomic E-state index is 5.07. The van der Waals surface area contributed by atoms with E-state index in [9.17, 15) is 0 Å². The lowest BCUT2D eigenvalue weighted by molar-refractivity contribution is 1.23. The molecule has 0 aliphatic heterocycles. The molecule has 0 fully saturated rings. The molecule has 2 heterocycles. The van der Waals surface area contributed by atoms with Crippen LogP contribution in [-0.2, 0) is 0 Å². The van der Waals surface area contributed by atoms with Crippen LogP contribution < -0.4 is 0 Å². The van der Waals surface area contributed by atoms with Gasteiger partial charge in [-0.05, 0) is 40.8 Å². The quantitative estimate of drug-likeness (QED) is 0.222. The molecular formula is C37H23N3S. The number of fused-ring (bicyclic) bond motifs is 4. The van der Waals surface area contributed by atoms with Crippen LogP contribution >= 0.6 is 11.3 Å². The molecule has 0 saturated heterocycles. The molecule has 0 amide bonds. The van der Waals surface area contributed by atoms with E-state index in [-0.39, 0.29) is 0 Å². The number of para-hydroxylation sites is 1. The van der Waals surface area contributed by atoms with E-state index in [4.69, 9.17) is 15.0 Å². The van der Waals surface area contributed by atoms with Gasteiger partial charge in [-0.1, -0.05) is 115 Å². The number of thiazole rings is 1. The average Bonchev–Trinajstić information content (AvgIpc) is 3.50. The predicted molar refractivity (Wildman–Crippen MR) is 172 cm³/mol. The Morgan fingerprint density at radius 1 is 0.415 bits per heavy atom. The Balaban J connectivity index is 1.21. The molecule has 41 heavy (non-hydrogen) atoms. The van der Waals surface area contributed by atoms with Gasteiger partial charge < -0.3 is 0 Å². The van der Waals surface area contributed by atoms with Crippen LogP contribution in [0, 0.1) is 0 Å². The Morgan fingerprint density at radius 2 is 1.12 bits per heavy atom. The van der Waals surface area contributed by atoms with Gasteiger partial charge in [0.05, 0.1) is 21.4 Å². The summed E-state index contributed by atoms with van der Waals surface area (Å²) in [7, 11) is 0. The number of aromatic nitrogens is 3. The van der Waals surface area contributed by atoms with E-state index in [1.165, 1.54) is 15.5 Å². The summed E-state index contributed by atoms with van der Waals surface area (Å²) in [5.74, 6) is 0.727. The summed E-state index contributed by atoms with van der Waals surface area (Å²) in [6, 6.07) is 48.5. The predicted octanol–water partition coefficient (Wildman–Crippen LogP) is 10.1. The first-order chi connectivity index (χ1) is 20.3. The maximum absolute atomic E-state index is 5.07. The summed E-state index contributed by atoms with van der Waals surface area (Å²) in [4.78, 5) is 14.9. The van der Waals surface area contributed by atoms with E-state index in [0.29, 0.717) is 0 Å². The van der Waals surface area contributed by atoms with Gasteiger partial charge in [0.2, 0.25) is 0 Å². The number of rotatable bonds is 4. The van der Waals surface area contributed by atoms with Crippen molar-refractivity contribution in [1.29, 1.82) is 0 Å². The molecule has 0 spiro atoms. The second-order valence-corrected chi connectivity index (χ2v) is 11.1. The van der Waals surface area contributed by atoms with Crippen LogP contribution in [0.1, 0.15) is 0 Å². The van der Waals surface area contributed by atoms with Gasteiger partial charge in [-0.2, -0.15) is 0 Å². The molecule has 0 atom stereocenters. The standard InChI is InChI=1S/C37H23N3S/c1-3-10-24(11-4-1)34-31-16-7-8-17-32(31)38-36(40-34)29-15-9-14-26(23-29)27-18-20-30-28(22-27)19-21-33-35(30)41-37(39-33)25-12-5-2-6-13-25/h1-23H. The molecule has 0 unspecified atom stereocenters. The van der Waals surface area contributed by atoms with Crippen molar-refractivity contribution in [1.82, 2.24) is 15.0 Å². The highest BCUT2D eigenvalue weighted by atomic mass is 32.1. The lowest BCUT2D eigenvalue weighted by Crippen LogP contribution is -1.95. The first-order valence-corrected chi connectivity index (χ1v) is 14.4. The summed E-state index contributed by atoms with van der Waals surface area (Å²) < 4.78 is 1.22. The third-order valence-electron chi connectivity index (χ3n) is 7.50. The lowest BCUT2D eigenvalue weighted by Gasteiger charge is -2.11. The Bertz CT molecular complexity index is 2200. The van der Waals surface area contributed by atoms with Crippen molar-refractivity contribution in [2.24, 2.45) is 0 Å². The van der Waals surface area contributed by atoms with Gasteiger partial charge in [-0.25, -0.2) is 15.0 Å². The highest BCUT2D eigenvalue weighted by molar-refractivity contribution is 7.22. The van der Waals surface area contributed by atoms with Gasteiger partial charge in [-0.15, -0.1) is 11.3 Å². The second-order valence-electron chi connectivity index (χ2n) is 10.1. The minimum Gasteiger partial charge on any atom is -0.236 e. The van der Waals surface area contributed by atoms with E-state index in [1.54, 1.807) is 11.3 Å². The van der Waals surface area contributed by atoms with Crippen LogP contribution in [0.15, 0.2) is 140 Å². The molecule has 3 nitrogen and oxygen atoms in total. The van der Waals surface area contributed by atoms with E-state index in [1.807, 2.05) is 24.3 Å². The number of hydrogen-bond acceptors (Lipinski definition) is 4. The monoisotopic (exact) mass is 541 g/mol. The van der Waals surface area contributed by atoms with Crippen molar-refractivity contribution in [3.8, 4) is 44.3 Å². The van der Waals surface area contributed by atoms with Gasteiger partial charge in [0.25, 0.3) is 0 Å². The van der Waals surface area contributed by atoms with Crippen molar-refractivity contribution >= 4 is 43.2 Å². The summed E-state index contributed by atoms with van der Waals surface area (Å²) in [6.45, 7) is 0. The Labute approximate surface area is 241 Å². The third kappa shape index (κ3) is 4.26. The van der Waals surface area contributed by atoms with Gasteiger partial charge in [-0.3, -0.25) is 0 Å². The fraction of sp³-hybridized carbons (Fsp3) is 0. The average molecular weight is 542 g/mol. The van der Waals surface area contributed by atoms with E-state index >= 15 is 0 Å². The molecule has 0 radical (unpaired) electrons. The van der Waals surface area contributed by atoms with Crippen LogP contribution in [0.3, 0.4) is 0 Å². The van der Waals surface area contributed by atoms with Gasteiger partial charge in [0, 0.05) is 27.5 Å². The topological polar surface area (TPSA) is 38.7 Å². The normalized spacial score (nSPS) is 11.4. The molecule has 0 aliphatic rings. The highest BCUT2D eigenvalue weighted by Gasteiger charge is 2.13. The van der Waals surface area contributed by atoms with Crippen LogP contribution in [0.25, 0.3) is 76.2 Å². The lowest BCUT2D eigenvalue weighted by atomic mass is 9.99. The SMILES string of the molecule is c1ccc(-c2nc3ccc4cc(-c5cccc(-c6nc(-c7ccccc7)c7ccccc7n6)c5)ccc4c3s2)cc1. The van der Waals surface area contributed by atoms with Gasteiger partial charge in [0.1, 0.15) is 5.01 Å². The fourth-order valence-corrected chi connectivity index (χ4v) is 6.56. The van der Waals surface area contributed by atoms with Crippen molar-refractivity contribution in [2.75, 3.05) is 0 Å². The first kappa shape index (κ1) is 23.7. The third-order valence-corrected chi connectivity index (χ3v) is 8.65. The molecule has 4 heteroatoms. The fourth-order valence-electron chi connectivity index (χ4n) is 5.46. The number of hydrogen-bond donors (Lipinski definition) is 0. The molecule has 0 N–H and O–H groups in total. The minimum atomic E-state index is 0.727. The molecule has 8 rings (SSSR count). The van der Waals surface area contributed by atoms with Crippen molar-refractivity contribution in [2.45, 2.75) is 0 Å². The van der Waals surface area contributed by atoms with E-state index in [2.05, 4.69) is 115 Å². The molecule has 8 aromatic rings. The molecule has 192 valence electrons. The van der Waals surface area contributed by atoms with Crippen molar-refractivity contribution in [3.05, 3.63) is 140 Å². The van der Waals surface area contributed by atoms with Crippen LogP contribution in [0.2, 0.25) is 0 Å². The summed E-state index contributed by atoms with van der Waals surface area (Å²) in [5.41, 5.74) is 8.47. The zero-order valence-electron chi connectivity index (χ0n) is 22.0. The zero-order chi connectivity index (χ0) is 27.2. The number of nitrogens with zero attached hydrogens (tertiary/aromatic N) is 3. The van der Waals surface area contributed by atoms with Crippen molar-refractivity contribution in [3.63, 3.8) is 0 Å². The summed E-state index contributed by atoms with van der Waals surface area (Å²) >= 11 is 1.75. The molecule has 0 aliphatic carbocycles. The van der Waals surface area contributed by atoms with Crippen molar-refractivity contribution < 1.29 is 0 Å². The van der Waals surface area contributed by atoms with E-state index < -0.39 is 0 Å². The largest absolute Gasteiger partial charge is 0.236 e. The van der Waals surface area contributed by atoms with Gasteiger partial charge in [0.15, 0.2) is 5.82 Å². The Hall–Kier alpha value is -5.19. The van der Waals surface area contributed by atoms with Gasteiger partial charge >= 0.3 is 0 Å². The highest BCUT2D eigenvalue weighted by Crippen LogP contribution is 2.37. The maximum Gasteiger partial charge on any atom is 0.160 e. The number of benzene rings is 6. The summed E-state index contributed by atoms with van der Waals surface area (Å²) in [6.07, 6.45) is 0.